The molecule has 0 aliphatic rings. The SMILES string of the molecule is CCN(CC)C(CN)c1ccc(O)c(Br)c1. The van der Waals surface area contributed by atoms with E-state index in [0.29, 0.717) is 6.54 Å². The summed E-state index contributed by atoms with van der Waals surface area (Å²) in [6.45, 7) is 6.77. The fourth-order valence-electron chi connectivity index (χ4n) is 1.89. The van der Waals surface area contributed by atoms with Crippen molar-refractivity contribution in [1.29, 1.82) is 0 Å². The first-order valence-electron chi connectivity index (χ1n) is 5.56. The van der Waals surface area contributed by atoms with E-state index >= 15 is 0 Å². The van der Waals surface area contributed by atoms with Crippen LogP contribution >= 0.6 is 15.9 Å². The van der Waals surface area contributed by atoms with Gasteiger partial charge in [-0.3, -0.25) is 4.90 Å². The molecule has 0 saturated heterocycles. The molecule has 3 nitrogen and oxygen atoms in total. The molecule has 0 aliphatic heterocycles. The van der Waals surface area contributed by atoms with E-state index in [9.17, 15) is 5.11 Å². The number of hydrogen-bond acceptors (Lipinski definition) is 3. The lowest BCUT2D eigenvalue weighted by atomic mass is 10.1. The molecule has 0 aliphatic carbocycles. The lowest BCUT2D eigenvalue weighted by molar-refractivity contribution is 0.224. The van der Waals surface area contributed by atoms with Crippen LogP contribution < -0.4 is 5.73 Å². The van der Waals surface area contributed by atoms with E-state index in [2.05, 4.69) is 34.7 Å². The predicted octanol–water partition coefficient (Wildman–Crippen LogP) is 2.50. The van der Waals surface area contributed by atoms with Gasteiger partial charge >= 0.3 is 0 Å². The van der Waals surface area contributed by atoms with Crippen molar-refractivity contribution < 1.29 is 5.11 Å². The summed E-state index contributed by atoms with van der Waals surface area (Å²) in [5, 5.41) is 9.46. The minimum atomic E-state index is 0.215. The van der Waals surface area contributed by atoms with Crippen molar-refractivity contribution in [3.05, 3.63) is 28.2 Å². The quantitative estimate of drug-likeness (QED) is 0.874. The zero-order chi connectivity index (χ0) is 12.1. The highest BCUT2D eigenvalue weighted by Crippen LogP contribution is 2.28. The van der Waals surface area contributed by atoms with Crippen LogP contribution in [0.5, 0.6) is 5.75 Å². The number of aromatic hydroxyl groups is 1. The van der Waals surface area contributed by atoms with Crippen molar-refractivity contribution in [3.8, 4) is 5.75 Å². The molecule has 0 heterocycles. The number of phenols is 1. The van der Waals surface area contributed by atoms with Crippen molar-refractivity contribution in [2.75, 3.05) is 19.6 Å². The Hall–Kier alpha value is -0.580. The highest BCUT2D eigenvalue weighted by Gasteiger charge is 2.16. The molecule has 1 rings (SSSR count). The number of phenolic OH excluding ortho intramolecular Hbond substituents is 1. The second kappa shape index (κ2) is 6.23. The van der Waals surface area contributed by atoms with Crippen LogP contribution in [-0.4, -0.2) is 29.6 Å². The van der Waals surface area contributed by atoms with E-state index < -0.39 is 0 Å². The number of benzene rings is 1. The number of nitrogens with zero attached hydrogens (tertiary/aromatic N) is 1. The zero-order valence-corrected chi connectivity index (χ0v) is 11.4. The first-order valence-corrected chi connectivity index (χ1v) is 6.35. The van der Waals surface area contributed by atoms with Gasteiger partial charge in [0.1, 0.15) is 5.75 Å². The summed E-state index contributed by atoms with van der Waals surface area (Å²) in [4.78, 5) is 2.30. The Bertz CT molecular complexity index is 340. The van der Waals surface area contributed by atoms with E-state index in [1.54, 1.807) is 6.07 Å². The van der Waals surface area contributed by atoms with E-state index in [0.717, 1.165) is 23.1 Å². The largest absolute Gasteiger partial charge is 0.507 e. The molecule has 0 saturated carbocycles. The van der Waals surface area contributed by atoms with Gasteiger partial charge in [-0.05, 0) is 46.7 Å². The molecule has 0 aromatic heterocycles. The molecule has 1 atom stereocenters. The first-order chi connectivity index (χ1) is 7.63. The van der Waals surface area contributed by atoms with Crippen LogP contribution in [0.4, 0.5) is 0 Å². The third-order valence-electron chi connectivity index (χ3n) is 2.83. The van der Waals surface area contributed by atoms with Gasteiger partial charge in [0.25, 0.3) is 0 Å². The van der Waals surface area contributed by atoms with Crippen molar-refractivity contribution in [3.63, 3.8) is 0 Å². The number of hydrogen-bond donors (Lipinski definition) is 2. The second-order valence-electron chi connectivity index (χ2n) is 3.68. The topological polar surface area (TPSA) is 49.5 Å². The minimum absolute atomic E-state index is 0.215. The van der Waals surface area contributed by atoms with Crippen LogP contribution in [-0.2, 0) is 0 Å². The summed E-state index contributed by atoms with van der Waals surface area (Å²) in [7, 11) is 0. The Labute approximate surface area is 105 Å². The molecule has 3 N–H and O–H groups in total. The molecule has 4 heteroatoms. The van der Waals surface area contributed by atoms with Crippen LogP contribution in [0.15, 0.2) is 22.7 Å². The summed E-state index contributed by atoms with van der Waals surface area (Å²) in [6.07, 6.45) is 0. The average Bonchev–Trinajstić information content (AvgIpc) is 2.29. The average molecular weight is 287 g/mol. The van der Waals surface area contributed by atoms with Gasteiger partial charge in [-0.25, -0.2) is 0 Å². The Morgan fingerprint density at radius 3 is 2.44 bits per heavy atom. The summed E-state index contributed by atoms with van der Waals surface area (Å²) >= 11 is 3.33. The van der Waals surface area contributed by atoms with Crippen molar-refractivity contribution in [2.45, 2.75) is 19.9 Å². The first kappa shape index (κ1) is 13.5. The molecule has 0 bridgehead atoms. The second-order valence-corrected chi connectivity index (χ2v) is 4.54. The Kier molecular flexibility index (Phi) is 5.25. The summed E-state index contributed by atoms with van der Waals surface area (Å²) < 4.78 is 0.718. The molecule has 0 amide bonds. The third-order valence-corrected chi connectivity index (χ3v) is 3.47. The molecule has 0 fully saturated rings. The number of nitrogens with two attached hydrogens (primary N) is 1. The van der Waals surface area contributed by atoms with Gasteiger partial charge in [-0.15, -0.1) is 0 Å². The highest BCUT2D eigenvalue weighted by molar-refractivity contribution is 9.10. The van der Waals surface area contributed by atoms with Crippen molar-refractivity contribution in [1.82, 2.24) is 4.90 Å². The molecule has 1 aromatic rings. The summed E-state index contributed by atoms with van der Waals surface area (Å²) in [5.41, 5.74) is 6.96. The van der Waals surface area contributed by atoms with Gasteiger partial charge in [0.05, 0.1) is 4.47 Å². The molecule has 0 spiro atoms. The van der Waals surface area contributed by atoms with Crippen LogP contribution in [0.2, 0.25) is 0 Å². The van der Waals surface area contributed by atoms with Gasteiger partial charge in [0.2, 0.25) is 0 Å². The van der Waals surface area contributed by atoms with Gasteiger partial charge in [0, 0.05) is 12.6 Å². The molecular weight excluding hydrogens is 268 g/mol. The zero-order valence-electron chi connectivity index (χ0n) is 9.78. The number of likely N-dealkylation sites (N-methyl/N-ethyl adjacent to an activating group) is 1. The molecule has 90 valence electrons. The van der Waals surface area contributed by atoms with Crippen LogP contribution in [0.1, 0.15) is 25.5 Å². The Balaban J connectivity index is 2.98. The molecule has 1 aromatic carbocycles. The molecular formula is C12H19BrN2O. The Morgan fingerprint density at radius 1 is 1.38 bits per heavy atom. The number of rotatable bonds is 5. The standard InChI is InChI=1S/C12H19BrN2O/c1-3-15(4-2)11(8-14)9-5-6-12(16)10(13)7-9/h5-7,11,16H,3-4,8,14H2,1-2H3. The van der Waals surface area contributed by atoms with Crippen LogP contribution in [0.3, 0.4) is 0 Å². The van der Waals surface area contributed by atoms with Gasteiger partial charge in [-0.1, -0.05) is 19.9 Å². The monoisotopic (exact) mass is 286 g/mol. The maximum atomic E-state index is 9.46. The van der Waals surface area contributed by atoms with Gasteiger partial charge in [0.15, 0.2) is 0 Å². The van der Waals surface area contributed by atoms with Crippen molar-refractivity contribution >= 4 is 15.9 Å². The predicted molar refractivity (Wildman–Crippen MR) is 70.5 cm³/mol. The molecule has 1 unspecified atom stereocenters. The summed E-state index contributed by atoms with van der Waals surface area (Å²) in [5.74, 6) is 0.263. The number of halogens is 1. The fraction of sp³-hybridized carbons (Fsp3) is 0.500. The normalized spacial score (nSPS) is 13.1. The van der Waals surface area contributed by atoms with E-state index in [1.165, 1.54) is 0 Å². The fourth-order valence-corrected chi connectivity index (χ4v) is 2.29. The van der Waals surface area contributed by atoms with Crippen molar-refractivity contribution in [2.24, 2.45) is 5.73 Å². The van der Waals surface area contributed by atoms with E-state index in [4.69, 9.17) is 5.73 Å². The third kappa shape index (κ3) is 2.97. The van der Waals surface area contributed by atoms with E-state index in [1.807, 2.05) is 12.1 Å². The lowest BCUT2D eigenvalue weighted by Crippen LogP contribution is -2.33. The lowest BCUT2D eigenvalue weighted by Gasteiger charge is -2.29. The summed E-state index contributed by atoms with van der Waals surface area (Å²) in [6, 6.07) is 5.78. The van der Waals surface area contributed by atoms with Crippen LogP contribution in [0, 0.1) is 0 Å². The molecule has 16 heavy (non-hydrogen) atoms. The molecule has 0 radical (unpaired) electrons. The Morgan fingerprint density at radius 2 is 2.00 bits per heavy atom. The maximum Gasteiger partial charge on any atom is 0.129 e. The van der Waals surface area contributed by atoms with Crippen LogP contribution in [0.25, 0.3) is 0 Å². The van der Waals surface area contributed by atoms with E-state index in [-0.39, 0.29) is 11.8 Å². The van der Waals surface area contributed by atoms with Gasteiger partial charge in [-0.2, -0.15) is 0 Å². The van der Waals surface area contributed by atoms with Gasteiger partial charge < -0.3 is 10.8 Å². The minimum Gasteiger partial charge on any atom is -0.507 e. The maximum absolute atomic E-state index is 9.46. The highest BCUT2D eigenvalue weighted by atomic mass is 79.9. The smallest absolute Gasteiger partial charge is 0.129 e.